The van der Waals surface area contributed by atoms with Crippen molar-refractivity contribution in [1.29, 1.82) is 0 Å². The van der Waals surface area contributed by atoms with E-state index in [-0.39, 0.29) is 0 Å². The van der Waals surface area contributed by atoms with E-state index in [1.165, 1.54) is 0 Å². The summed E-state index contributed by atoms with van der Waals surface area (Å²) in [5.41, 5.74) is 6.90. The summed E-state index contributed by atoms with van der Waals surface area (Å²) >= 11 is 0. The maximum atomic E-state index is 11.5. The third-order valence-corrected chi connectivity index (χ3v) is 3.15. The molecule has 6 nitrogen and oxygen atoms in total. The number of hydrogen-bond donors (Lipinski definition) is 1. The van der Waals surface area contributed by atoms with Gasteiger partial charge in [0, 0.05) is 19.1 Å². The number of carbonyl (C=O) groups excluding carboxylic acids is 1. The van der Waals surface area contributed by atoms with Gasteiger partial charge in [-0.3, -0.25) is 4.79 Å². The van der Waals surface area contributed by atoms with Crippen molar-refractivity contribution in [3.63, 3.8) is 0 Å². The van der Waals surface area contributed by atoms with Gasteiger partial charge in [0.25, 0.3) is 0 Å². The quantitative estimate of drug-likeness (QED) is 0.412. The molecular weight excluding hydrogens is 310 g/mol. The molecule has 0 saturated heterocycles. The monoisotopic (exact) mass is 337 g/mol. The Morgan fingerprint density at radius 3 is 2.00 bits per heavy atom. The summed E-state index contributed by atoms with van der Waals surface area (Å²) in [7, 11) is 1.63. The third-order valence-electron chi connectivity index (χ3n) is 3.15. The van der Waals surface area contributed by atoms with Gasteiger partial charge in [0.2, 0.25) is 5.91 Å². The molecule has 6 heteroatoms. The minimum absolute atomic E-state index is 0.424. The molecule has 0 aliphatic carbocycles. The summed E-state index contributed by atoms with van der Waals surface area (Å²) in [6.45, 7) is 3.59. The molecule has 134 valence electrons. The van der Waals surface area contributed by atoms with Crippen LogP contribution in [0.1, 0.15) is 12.0 Å². The predicted octanol–water partition coefficient (Wildman–Crippen LogP) is 1.64. The van der Waals surface area contributed by atoms with E-state index in [1.54, 1.807) is 13.2 Å². The second-order valence-corrected chi connectivity index (χ2v) is 5.02. The van der Waals surface area contributed by atoms with Crippen LogP contribution in [-0.4, -0.2) is 59.3 Å². The van der Waals surface area contributed by atoms with Gasteiger partial charge in [0.05, 0.1) is 46.2 Å². The van der Waals surface area contributed by atoms with Gasteiger partial charge in [-0.15, -0.1) is 0 Å². The number of benzene rings is 1. The molecule has 0 spiro atoms. The van der Waals surface area contributed by atoms with Gasteiger partial charge in [-0.2, -0.15) is 0 Å². The molecule has 0 heterocycles. The molecule has 0 unspecified atom stereocenters. The first-order chi connectivity index (χ1) is 11.7. The summed E-state index contributed by atoms with van der Waals surface area (Å²) in [5, 5.41) is 0. The summed E-state index contributed by atoms with van der Waals surface area (Å²) in [6, 6.07) is 9.60. The van der Waals surface area contributed by atoms with E-state index in [2.05, 4.69) is 0 Å². The van der Waals surface area contributed by atoms with Crippen molar-refractivity contribution in [2.45, 2.75) is 6.42 Å². The number of carbonyl (C=O) groups is 1. The van der Waals surface area contributed by atoms with Crippen molar-refractivity contribution < 1.29 is 23.7 Å². The van der Waals surface area contributed by atoms with Gasteiger partial charge < -0.3 is 24.7 Å². The SMILES string of the molecule is COCCOCCOCCOCCC(=Cc1ccccc1)C(N)=O. The normalized spacial score (nSPS) is 11.6. The molecule has 0 aliphatic rings. The number of rotatable bonds is 14. The summed E-state index contributed by atoms with van der Waals surface area (Å²) in [5.74, 6) is -0.424. The molecule has 2 N–H and O–H groups in total. The fraction of sp³-hybridized carbons (Fsp3) is 0.500. The molecule has 0 fully saturated rings. The molecule has 1 rings (SSSR count). The number of ether oxygens (including phenoxy) is 4. The maximum absolute atomic E-state index is 11.5. The first kappa shape index (κ1) is 20.3. The summed E-state index contributed by atoms with van der Waals surface area (Å²) in [6.07, 6.45) is 2.27. The van der Waals surface area contributed by atoms with Crippen LogP contribution < -0.4 is 5.73 Å². The Morgan fingerprint density at radius 1 is 0.917 bits per heavy atom. The van der Waals surface area contributed by atoms with E-state index in [4.69, 9.17) is 24.7 Å². The van der Waals surface area contributed by atoms with Crippen molar-refractivity contribution >= 4 is 12.0 Å². The lowest BCUT2D eigenvalue weighted by Crippen LogP contribution is -2.16. The van der Waals surface area contributed by atoms with Crippen molar-refractivity contribution in [3.8, 4) is 0 Å². The van der Waals surface area contributed by atoms with Crippen LogP contribution in [0.5, 0.6) is 0 Å². The minimum Gasteiger partial charge on any atom is -0.382 e. The zero-order valence-electron chi connectivity index (χ0n) is 14.2. The van der Waals surface area contributed by atoms with Crippen LogP contribution in [0, 0.1) is 0 Å². The Balaban J connectivity index is 2.10. The number of nitrogens with two attached hydrogens (primary N) is 1. The molecule has 0 aliphatic heterocycles. The fourth-order valence-corrected chi connectivity index (χ4v) is 1.88. The first-order valence-corrected chi connectivity index (χ1v) is 8.01. The smallest absolute Gasteiger partial charge is 0.244 e. The van der Waals surface area contributed by atoms with Crippen molar-refractivity contribution in [3.05, 3.63) is 41.5 Å². The Labute approximate surface area is 143 Å². The van der Waals surface area contributed by atoms with Crippen LogP contribution in [0.15, 0.2) is 35.9 Å². The third kappa shape index (κ3) is 10.1. The second-order valence-electron chi connectivity index (χ2n) is 5.02. The zero-order valence-corrected chi connectivity index (χ0v) is 14.2. The van der Waals surface area contributed by atoms with E-state index in [0.717, 1.165) is 5.56 Å². The molecular formula is C18H27NO5. The molecule has 1 aromatic carbocycles. The highest BCUT2D eigenvalue weighted by Gasteiger charge is 2.05. The average Bonchev–Trinajstić information content (AvgIpc) is 2.59. The largest absolute Gasteiger partial charge is 0.382 e. The minimum atomic E-state index is -0.424. The van der Waals surface area contributed by atoms with Crippen LogP contribution in [0.25, 0.3) is 6.08 Å². The molecule has 0 saturated carbocycles. The lowest BCUT2D eigenvalue weighted by Gasteiger charge is -2.07. The van der Waals surface area contributed by atoms with Crippen LogP contribution in [0.2, 0.25) is 0 Å². The van der Waals surface area contributed by atoms with Gasteiger partial charge in [0.1, 0.15) is 0 Å². The van der Waals surface area contributed by atoms with Gasteiger partial charge in [0.15, 0.2) is 0 Å². The number of methoxy groups -OCH3 is 1. The topological polar surface area (TPSA) is 80.0 Å². The molecule has 0 aromatic heterocycles. The Bertz CT molecular complexity index is 476. The van der Waals surface area contributed by atoms with E-state index >= 15 is 0 Å². The van der Waals surface area contributed by atoms with E-state index in [1.807, 2.05) is 30.3 Å². The van der Waals surface area contributed by atoms with Crippen molar-refractivity contribution in [2.75, 3.05) is 53.4 Å². The summed E-state index contributed by atoms with van der Waals surface area (Å²) in [4.78, 5) is 11.5. The number of amides is 1. The Hall–Kier alpha value is -1.73. The molecule has 24 heavy (non-hydrogen) atoms. The summed E-state index contributed by atoms with van der Waals surface area (Å²) < 4.78 is 21.0. The highest BCUT2D eigenvalue weighted by atomic mass is 16.6. The maximum Gasteiger partial charge on any atom is 0.244 e. The Morgan fingerprint density at radius 2 is 1.46 bits per heavy atom. The second kappa shape index (κ2) is 13.7. The van der Waals surface area contributed by atoms with Crippen molar-refractivity contribution in [1.82, 2.24) is 0 Å². The lowest BCUT2D eigenvalue weighted by atomic mass is 10.1. The highest BCUT2D eigenvalue weighted by Crippen LogP contribution is 2.09. The van der Waals surface area contributed by atoms with Crippen molar-refractivity contribution in [2.24, 2.45) is 5.73 Å². The number of hydrogen-bond acceptors (Lipinski definition) is 5. The highest BCUT2D eigenvalue weighted by molar-refractivity contribution is 5.96. The fourth-order valence-electron chi connectivity index (χ4n) is 1.88. The standard InChI is InChI=1S/C18H27NO5/c1-21-9-10-23-13-14-24-12-11-22-8-7-17(18(19)20)15-16-5-3-2-4-6-16/h2-6,15H,7-14H2,1H3,(H2,19,20). The zero-order chi connectivity index (χ0) is 17.5. The molecule has 1 aromatic rings. The van der Waals surface area contributed by atoms with E-state index < -0.39 is 5.91 Å². The van der Waals surface area contributed by atoms with E-state index in [9.17, 15) is 4.79 Å². The van der Waals surface area contributed by atoms with E-state index in [0.29, 0.717) is 58.2 Å². The molecule has 0 atom stereocenters. The van der Waals surface area contributed by atoms with Gasteiger partial charge in [-0.1, -0.05) is 30.3 Å². The van der Waals surface area contributed by atoms with Crippen LogP contribution in [0.4, 0.5) is 0 Å². The molecule has 0 bridgehead atoms. The average molecular weight is 337 g/mol. The van der Waals surface area contributed by atoms with Gasteiger partial charge in [-0.25, -0.2) is 0 Å². The number of primary amides is 1. The lowest BCUT2D eigenvalue weighted by molar-refractivity contribution is -0.114. The molecule has 1 amide bonds. The Kier molecular flexibility index (Phi) is 11.6. The van der Waals surface area contributed by atoms with Crippen LogP contribution in [0.3, 0.4) is 0 Å². The molecule has 0 radical (unpaired) electrons. The van der Waals surface area contributed by atoms with Crippen LogP contribution >= 0.6 is 0 Å². The first-order valence-electron chi connectivity index (χ1n) is 8.01. The van der Waals surface area contributed by atoms with Gasteiger partial charge in [-0.05, 0) is 11.6 Å². The van der Waals surface area contributed by atoms with Crippen LogP contribution in [-0.2, 0) is 23.7 Å². The predicted molar refractivity (Wildman–Crippen MR) is 92.6 cm³/mol. The van der Waals surface area contributed by atoms with Gasteiger partial charge >= 0.3 is 0 Å².